The third kappa shape index (κ3) is 3.48. The number of benzene rings is 2. The molecule has 2 aromatic carbocycles. The Hall–Kier alpha value is -3.52. The summed E-state index contributed by atoms with van der Waals surface area (Å²) in [7, 11) is 1.68. The number of aliphatic imine (C=N–C) groups is 2. The molecule has 3 aliphatic rings. The summed E-state index contributed by atoms with van der Waals surface area (Å²) < 4.78 is 5.47. The van der Waals surface area contributed by atoms with Crippen molar-refractivity contribution in [3.05, 3.63) is 54.1 Å². The first-order chi connectivity index (χ1) is 15.2. The molecule has 0 atom stereocenters. The van der Waals surface area contributed by atoms with Gasteiger partial charge in [0.15, 0.2) is 5.71 Å². The summed E-state index contributed by atoms with van der Waals surface area (Å²) in [6, 6.07) is 14.9. The van der Waals surface area contributed by atoms with Crippen LogP contribution in [-0.2, 0) is 4.79 Å². The van der Waals surface area contributed by atoms with Crippen LogP contribution in [0, 0.1) is 0 Å². The van der Waals surface area contributed by atoms with Crippen LogP contribution in [0.3, 0.4) is 0 Å². The van der Waals surface area contributed by atoms with Gasteiger partial charge in [-0.2, -0.15) is 4.99 Å². The first-order valence-corrected chi connectivity index (χ1v) is 10.4. The number of ether oxygens (including phenoxy) is 1. The number of para-hydroxylation sites is 3. The Bertz CT molecular complexity index is 1100. The number of nitrogens with zero attached hydrogens (tertiary/aromatic N) is 5. The lowest BCUT2D eigenvalue weighted by Gasteiger charge is -2.37. The average Bonchev–Trinajstić information content (AvgIpc) is 3.18. The molecule has 31 heavy (non-hydrogen) atoms. The van der Waals surface area contributed by atoms with Crippen LogP contribution in [0.2, 0.25) is 0 Å². The summed E-state index contributed by atoms with van der Waals surface area (Å²) in [6.07, 6.45) is 0. The van der Waals surface area contributed by atoms with E-state index in [0.29, 0.717) is 24.5 Å². The molecule has 0 saturated carbocycles. The summed E-state index contributed by atoms with van der Waals surface area (Å²) in [5.41, 5.74) is 3.18. The van der Waals surface area contributed by atoms with Gasteiger partial charge in [-0.05, 0) is 18.2 Å². The Morgan fingerprint density at radius 2 is 1.61 bits per heavy atom. The zero-order valence-electron chi connectivity index (χ0n) is 17.3. The maximum Gasteiger partial charge on any atom is 0.351 e. The van der Waals surface area contributed by atoms with Crippen molar-refractivity contribution < 1.29 is 14.3 Å². The molecule has 0 aliphatic carbocycles. The number of urea groups is 1. The molecule has 0 N–H and O–H groups in total. The van der Waals surface area contributed by atoms with Crippen LogP contribution < -0.4 is 9.64 Å². The minimum absolute atomic E-state index is 0.266. The molecule has 3 amide bonds. The highest BCUT2D eigenvalue weighted by molar-refractivity contribution is 6.74. The van der Waals surface area contributed by atoms with E-state index in [1.807, 2.05) is 42.5 Å². The van der Waals surface area contributed by atoms with Crippen molar-refractivity contribution in [1.29, 1.82) is 0 Å². The molecule has 8 heteroatoms. The molecule has 8 nitrogen and oxygen atoms in total. The molecule has 0 bridgehead atoms. The quantitative estimate of drug-likeness (QED) is 0.746. The van der Waals surface area contributed by atoms with Gasteiger partial charge < -0.3 is 9.64 Å². The number of hydrogen-bond acceptors (Lipinski definition) is 6. The van der Waals surface area contributed by atoms with Crippen LogP contribution in [0.25, 0.3) is 0 Å². The van der Waals surface area contributed by atoms with E-state index in [0.717, 1.165) is 43.2 Å². The lowest BCUT2D eigenvalue weighted by Crippen LogP contribution is -2.52. The zero-order valence-corrected chi connectivity index (χ0v) is 17.3. The van der Waals surface area contributed by atoms with Gasteiger partial charge in [0.1, 0.15) is 11.5 Å². The molecular weight excluding hydrogens is 394 g/mol. The van der Waals surface area contributed by atoms with Crippen molar-refractivity contribution in [2.45, 2.75) is 0 Å². The van der Waals surface area contributed by atoms with Gasteiger partial charge in [-0.25, -0.2) is 9.79 Å². The summed E-state index contributed by atoms with van der Waals surface area (Å²) in [5.74, 6) is 0.506. The smallest absolute Gasteiger partial charge is 0.351 e. The minimum atomic E-state index is -0.511. The van der Waals surface area contributed by atoms with Crippen molar-refractivity contribution in [3.63, 3.8) is 0 Å². The summed E-state index contributed by atoms with van der Waals surface area (Å²) in [6.45, 7) is 4.31. The number of imide groups is 1. The number of hydrogen-bond donors (Lipinski definition) is 0. The van der Waals surface area contributed by atoms with Crippen molar-refractivity contribution in [2.24, 2.45) is 9.98 Å². The van der Waals surface area contributed by atoms with E-state index in [1.54, 1.807) is 7.11 Å². The maximum absolute atomic E-state index is 12.9. The second kappa shape index (κ2) is 7.96. The fourth-order valence-corrected chi connectivity index (χ4v) is 4.25. The molecule has 3 aliphatic heterocycles. The Balaban J connectivity index is 1.21. The van der Waals surface area contributed by atoms with Crippen LogP contribution in [0.4, 0.5) is 16.2 Å². The van der Waals surface area contributed by atoms with Gasteiger partial charge in [-0.1, -0.05) is 30.3 Å². The van der Waals surface area contributed by atoms with Gasteiger partial charge in [-0.3, -0.25) is 14.6 Å². The molecule has 5 rings (SSSR count). The van der Waals surface area contributed by atoms with Gasteiger partial charge in [-0.15, -0.1) is 0 Å². The van der Waals surface area contributed by atoms with Crippen LogP contribution in [-0.4, -0.2) is 79.5 Å². The van der Waals surface area contributed by atoms with E-state index < -0.39 is 6.03 Å². The highest BCUT2D eigenvalue weighted by Crippen LogP contribution is 2.30. The second-order valence-electron chi connectivity index (χ2n) is 7.68. The Kier molecular flexibility index (Phi) is 4.99. The van der Waals surface area contributed by atoms with Gasteiger partial charge >= 0.3 is 6.03 Å². The predicted molar refractivity (Wildman–Crippen MR) is 119 cm³/mol. The topological polar surface area (TPSA) is 77.8 Å². The monoisotopic (exact) mass is 417 g/mol. The molecule has 0 unspecified atom stereocenters. The first kappa shape index (κ1) is 19.4. The number of methoxy groups -OCH3 is 1. The normalized spacial score (nSPS) is 18.5. The van der Waals surface area contributed by atoms with E-state index in [9.17, 15) is 9.59 Å². The number of fused-ring (bicyclic) bond motifs is 3. The van der Waals surface area contributed by atoms with Gasteiger partial charge in [0, 0.05) is 44.8 Å². The number of carbonyl (C=O) groups is 2. The zero-order chi connectivity index (χ0) is 21.4. The number of anilines is 1. The van der Waals surface area contributed by atoms with E-state index in [1.165, 1.54) is 4.90 Å². The van der Waals surface area contributed by atoms with Crippen LogP contribution in [0.5, 0.6) is 5.75 Å². The van der Waals surface area contributed by atoms with Crippen molar-refractivity contribution in [3.8, 4) is 5.75 Å². The molecule has 0 aromatic heterocycles. The van der Waals surface area contributed by atoms with E-state index in [-0.39, 0.29) is 11.6 Å². The third-order valence-corrected chi connectivity index (χ3v) is 5.94. The van der Waals surface area contributed by atoms with Crippen LogP contribution in [0.1, 0.15) is 5.56 Å². The summed E-state index contributed by atoms with van der Waals surface area (Å²) in [5, 5.41) is 0. The lowest BCUT2D eigenvalue weighted by atomic mass is 10.1. The van der Waals surface area contributed by atoms with E-state index in [2.05, 4.69) is 25.9 Å². The van der Waals surface area contributed by atoms with Crippen LogP contribution in [0.15, 0.2) is 58.5 Å². The Labute approximate surface area is 180 Å². The molecule has 2 aromatic rings. The Morgan fingerprint density at radius 1 is 0.871 bits per heavy atom. The number of rotatable bonds is 5. The third-order valence-electron chi connectivity index (χ3n) is 5.94. The molecule has 1 fully saturated rings. The standard InChI is InChI=1S/C23H23N5O3/c1-31-19-9-5-4-8-18(19)27-13-10-26(11-14-27)12-15-28-22(29)21-20(25-23(28)30)16-6-2-3-7-17(16)24-21/h2-9H,10-15H2,1H3. The minimum Gasteiger partial charge on any atom is -0.495 e. The maximum atomic E-state index is 12.9. The van der Waals surface area contributed by atoms with Gasteiger partial charge in [0.25, 0.3) is 5.91 Å². The fraction of sp³-hybridized carbons (Fsp3) is 0.304. The van der Waals surface area contributed by atoms with Crippen molar-refractivity contribution >= 4 is 34.7 Å². The number of carbonyl (C=O) groups excluding carboxylic acids is 2. The van der Waals surface area contributed by atoms with Gasteiger partial charge in [0.05, 0.1) is 18.5 Å². The summed E-state index contributed by atoms with van der Waals surface area (Å²) >= 11 is 0. The predicted octanol–water partition coefficient (Wildman–Crippen LogP) is 2.35. The largest absolute Gasteiger partial charge is 0.495 e. The second-order valence-corrected chi connectivity index (χ2v) is 7.68. The van der Waals surface area contributed by atoms with E-state index in [4.69, 9.17) is 4.74 Å². The highest BCUT2D eigenvalue weighted by Gasteiger charge is 2.38. The molecule has 0 radical (unpaired) electrons. The molecule has 3 heterocycles. The number of amides is 3. The Morgan fingerprint density at radius 3 is 2.42 bits per heavy atom. The highest BCUT2D eigenvalue weighted by atomic mass is 16.5. The lowest BCUT2D eigenvalue weighted by molar-refractivity contribution is -0.121. The van der Waals surface area contributed by atoms with E-state index >= 15 is 0 Å². The van der Waals surface area contributed by atoms with Crippen molar-refractivity contribution in [2.75, 3.05) is 51.3 Å². The number of piperazine rings is 1. The molecule has 1 saturated heterocycles. The molecule has 0 spiro atoms. The van der Waals surface area contributed by atoms with Crippen molar-refractivity contribution in [1.82, 2.24) is 9.80 Å². The first-order valence-electron chi connectivity index (χ1n) is 10.4. The SMILES string of the molecule is COc1ccccc1N1CCN(CCN2C(=O)N=C3C(=Nc4ccccc43)C2=O)CC1. The van der Waals surface area contributed by atoms with Crippen LogP contribution >= 0.6 is 0 Å². The summed E-state index contributed by atoms with van der Waals surface area (Å²) in [4.78, 5) is 39.8. The molecular formula is C23H23N5O3. The molecule has 158 valence electrons. The van der Waals surface area contributed by atoms with Gasteiger partial charge in [0.2, 0.25) is 0 Å². The average molecular weight is 417 g/mol. The fourth-order valence-electron chi connectivity index (χ4n) is 4.25.